The minimum absolute atomic E-state index is 0.871. The maximum Gasteiger partial charge on any atom is 0.0674 e. The molecule has 0 unspecified atom stereocenters. The van der Waals surface area contributed by atoms with Gasteiger partial charge in [-0.25, -0.2) is 4.68 Å². The van der Waals surface area contributed by atoms with E-state index in [0.29, 0.717) is 0 Å². The molecular formula is C14H17N3. The standard InChI is InChI=1S/C14H17N3/c1-12-6-3-4-8-14(12)17-11-13(10-16-17)7-5-9-15-2/h3-8,10-11,15H,9H2,1-2H3. The van der Waals surface area contributed by atoms with Crippen molar-refractivity contribution in [1.82, 2.24) is 15.1 Å². The third kappa shape index (κ3) is 2.82. The molecule has 88 valence electrons. The van der Waals surface area contributed by atoms with Crippen molar-refractivity contribution >= 4 is 6.08 Å². The Labute approximate surface area is 102 Å². The second kappa shape index (κ2) is 5.46. The average molecular weight is 227 g/mol. The summed E-state index contributed by atoms with van der Waals surface area (Å²) in [7, 11) is 1.93. The average Bonchev–Trinajstić information content (AvgIpc) is 2.79. The van der Waals surface area contributed by atoms with E-state index >= 15 is 0 Å². The smallest absolute Gasteiger partial charge is 0.0674 e. The first-order valence-electron chi connectivity index (χ1n) is 5.73. The van der Waals surface area contributed by atoms with Crippen LogP contribution in [-0.4, -0.2) is 23.4 Å². The molecule has 2 rings (SSSR count). The fourth-order valence-corrected chi connectivity index (χ4v) is 1.69. The van der Waals surface area contributed by atoms with Gasteiger partial charge in [-0.15, -0.1) is 0 Å². The predicted molar refractivity (Wildman–Crippen MR) is 71.3 cm³/mol. The molecule has 0 fully saturated rings. The van der Waals surface area contributed by atoms with E-state index in [-0.39, 0.29) is 0 Å². The van der Waals surface area contributed by atoms with Gasteiger partial charge in [-0.05, 0) is 25.6 Å². The molecule has 1 N–H and O–H groups in total. The Kier molecular flexibility index (Phi) is 3.73. The molecule has 1 aromatic carbocycles. The summed E-state index contributed by atoms with van der Waals surface area (Å²) in [4.78, 5) is 0. The summed E-state index contributed by atoms with van der Waals surface area (Å²) in [5.74, 6) is 0. The summed E-state index contributed by atoms with van der Waals surface area (Å²) in [5.41, 5.74) is 3.46. The van der Waals surface area contributed by atoms with E-state index in [4.69, 9.17) is 0 Å². The molecule has 0 aliphatic heterocycles. The van der Waals surface area contributed by atoms with Crippen LogP contribution in [-0.2, 0) is 0 Å². The monoisotopic (exact) mass is 227 g/mol. The van der Waals surface area contributed by atoms with Gasteiger partial charge in [0.05, 0.1) is 11.9 Å². The summed E-state index contributed by atoms with van der Waals surface area (Å²) in [6, 6.07) is 8.23. The Morgan fingerprint density at radius 2 is 2.18 bits per heavy atom. The third-order valence-corrected chi connectivity index (χ3v) is 2.60. The number of likely N-dealkylation sites (N-methyl/N-ethyl adjacent to an activating group) is 1. The molecule has 0 radical (unpaired) electrons. The van der Waals surface area contributed by atoms with E-state index in [9.17, 15) is 0 Å². The maximum absolute atomic E-state index is 4.37. The van der Waals surface area contributed by atoms with E-state index in [1.54, 1.807) is 0 Å². The Morgan fingerprint density at radius 1 is 1.35 bits per heavy atom. The molecule has 1 heterocycles. The number of nitrogens with one attached hydrogen (secondary N) is 1. The number of rotatable bonds is 4. The van der Waals surface area contributed by atoms with Crippen LogP contribution in [0.3, 0.4) is 0 Å². The maximum atomic E-state index is 4.37. The van der Waals surface area contributed by atoms with Gasteiger partial charge in [0.25, 0.3) is 0 Å². The lowest BCUT2D eigenvalue weighted by Gasteiger charge is -2.03. The van der Waals surface area contributed by atoms with Crippen LogP contribution in [0.2, 0.25) is 0 Å². The highest BCUT2D eigenvalue weighted by molar-refractivity contribution is 5.49. The molecule has 0 amide bonds. The molecule has 17 heavy (non-hydrogen) atoms. The largest absolute Gasteiger partial charge is 0.316 e. The van der Waals surface area contributed by atoms with Crippen molar-refractivity contribution in [3.8, 4) is 5.69 Å². The van der Waals surface area contributed by atoms with Crippen molar-refractivity contribution in [3.63, 3.8) is 0 Å². The molecule has 0 atom stereocenters. The lowest BCUT2D eigenvalue weighted by Crippen LogP contribution is -2.03. The fraction of sp³-hybridized carbons (Fsp3) is 0.214. The number of para-hydroxylation sites is 1. The van der Waals surface area contributed by atoms with Crippen LogP contribution in [0.1, 0.15) is 11.1 Å². The van der Waals surface area contributed by atoms with Crippen molar-refractivity contribution in [1.29, 1.82) is 0 Å². The van der Waals surface area contributed by atoms with E-state index in [1.165, 1.54) is 5.56 Å². The summed E-state index contributed by atoms with van der Waals surface area (Å²) < 4.78 is 1.91. The number of benzene rings is 1. The van der Waals surface area contributed by atoms with Gasteiger partial charge in [-0.1, -0.05) is 30.4 Å². The molecule has 0 saturated carbocycles. The SMILES string of the molecule is CNCC=Cc1cnn(-c2ccccc2C)c1. The molecular weight excluding hydrogens is 210 g/mol. The number of hydrogen-bond acceptors (Lipinski definition) is 2. The molecule has 0 spiro atoms. The van der Waals surface area contributed by atoms with Gasteiger partial charge in [0, 0.05) is 18.3 Å². The zero-order valence-corrected chi connectivity index (χ0v) is 10.2. The Hall–Kier alpha value is -1.87. The summed E-state index contributed by atoms with van der Waals surface area (Å²) in [5, 5.41) is 7.44. The molecule has 3 nitrogen and oxygen atoms in total. The van der Waals surface area contributed by atoms with E-state index in [1.807, 2.05) is 36.3 Å². The molecule has 0 aliphatic rings. The molecule has 0 saturated heterocycles. The van der Waals surface area contributed by atoms with Gasteiger partial charge >= 0.3 is 0 Å². The number of aromatic nitrogens is 2. The van der Waals surface area contributed by atoms with Crippen LogP contribution >= 0.6 is 0 Å². The highest BCUT2D eigenvalue weighted by Crippen LogP contribution is 2.13. The summed E-state index contributed by atoms with van der Waals surface area (Å²) in [6.07, 6.45) is 8.06. The molecule has 0 bridgehead atoms. The molecule has 1 aromatic heterocycles. The van der Waals surface area contributed by atoms with Gasteiger partial charge in [0.2, 0.25) is 0 Å². The lowest BCUT2D eigenvalue weighted by atomic mass is 10.2. The van der Waals surface area contributed by atoms with Crippen molar-refractivity contribution in [2.45, 2.75) is 6.92 Å². The van der Waals surface area contributed by atoms with Crippen LogP contribution in [0, 0.1) is 6.92 Å². The minimum Gasteiger partial charge on any atom is -0.316 e. The zero-order valence-electron chi connectivity index (χ0n) is 10.2. The van der Waals surface area contributed by atoms with Crippen LogP contribution < -0.4 is 5.32 Å². The van der Waals surface area contributed by atoms with E-state index < -0.39 is 0 Å². The van der Waals surface area contributed by atoms with Crippen molar-refractivity contribution in [2.24, 2.45) is 0 Å². The van der Waals surface area contributed by atoms with Crippen LogP contribution in [0.25, 0.3) is 11.8 Å². The van der Waals surface area contributed by atoms with Gasteiger partial charge in [0.15, 0.2) is 0 Å². The van der Waals surface area contributed by atoms with Gasteiger partial charge in [0.1, 0.15) is 0 Å². The topological polar surface area (TPSA) is 29.9 Å². The summed E-state index contributed by atoms with van der Waals surface area (Å²) >= 11 is 0. The third-order valence-electron chi connectivity index (χ3n) is 2.60. The first kappa shape index (κ1) is 11.6. The molecule has 3 heteroatoms. The first-order valence-corrected chi connectivity index (χ1v) is 5.73. The van der Waals surface area contributed by atoms with Gasteiger partial charge in [-0.2, -0.15) is 5.10 Å². The molecule has 0 aliphatic carbocycles. The van der Waals surface area contributed by atoms with Crippen molar-refractivity contribution in [2.75, 3.05) is 13.6 Å². The quantitative estimate of drug-likeness (QED) is 0.869. The van der Waals surface area contributed by atoms with Gasteiger partial charge < -0.3 is 5.32 Å². The number of nitrogens with zero attached hydrogens (tertiary/aromatic N) is 2. The first-order chi connectivity index (χ1) is 8.31. The van der Waals surface area contributed by atoms with Crippen LogP contribution in [0.4, 0.5) is 0 Å². The Bertz CT molecular complexity index is 512. The molecule has 2 aromatic rings. The van der Waals surface area contributed by atoms with Crippen molar-refractivity contribution < 1.29 is 0 Å². The lowest BCUT2D eigenvalue weighted by molar-refractivity contribution is 0.873. The van der Waals surface area contributed by atoms with E-state index in [0.717, 1.165) is 17.8 Å². The normalized spacial score (nSPS) is 11.2. The predicted octanol–water partition coefficient (Wildman–Crippen LogP) is 2.41. The Balaban J connectivity index is 2.21. The summed E-state index contributed by atoms with van der Waals surface area (Å²) in [6.45, 7) is 2.96. The highest BCUT2D eigenvalue weighted by Gasteiger charge is 2.00. The second-order valence-electron chi connectivity index (χ2n) is 3.96. The van der Waals surface area contributed by atoms with Crippen LogP contribution in [0.5, 0.6) is 0 Å². The zero-order chi connectivity index (χ0) is 12.1. The highest BCUT2D eigenvalue weighted by atomic mass is 15.3. The van der Waals surface area contributed by atoms with Gasteiger partial charge in [-0.3, -0.25) is 0 Å². The second-order valence-corrected chi connectivity index (χ2v) is 3.96. The fourth-order valence-electron chi connectivity index (χ4n) is 1.69. The minimum atomic E-state index is 0.871. The van der Waals surface area contributed by atoms with E-state index in [2.05, 4.69) is 41.6 Å². The number of hydrogen-bond donors (Lipinski definition) is 1. The number of aryl methyl sites for hydroxylation is 1. The van der Waals surface area contributed by atoms with Crippen LogP contribution in [0.15, 0.2) is 42.7 Å². The van der Waals surface area contributed by atoms with Crippen molar-refractivity contribution in [3.05, 3.63) is 53.9 Å². The Morgan fingerprint density at radius 3 is 2.94 bits per heavy atom.